The molecular weight excluding hydrogens is 229 g/mol. The molecular formula is C14H16FN3. The summed E-state index contributed by atoms with van der Waals surface area (Å²) in [6, 6.07) is 8.51. The molecule has 0 aliphatic rings. The lowest BCUT2D eigenvalue weighted by Gasteiger charge is -2.27. The van der Waals surface area contributed by atoms with Crippen LogP contribution in [0.1, 0.15) is 18.5 Å². The van der Waals surface area contributed by atoms with E-state index in [0.717, 1.165) is 5.69 Å². The van der Waals surface area contributed by atoms with Crippen molar-refractivity contribution in [3.8, 4) is 0 Å². The highest BCUT2D eigenvalue weighted by molar-refractivity contribution is 5.54. The summed E-state index contributed by atoms with van der Waals surface area (Å²) in [6.07, 6.45) is 3.30. The van der Waals surface area contributed by atoms with E-state index in [2.05, 4.69) is 4.98 Å². The fourth-order valence-electron chi connectivity index (χ4n) is 1.88. The van der Waals surface area contributed by atoms with Gasteiger partial charge in [-0.3, -0.25) is 4.98 Å². The minimum Gasteiger partial charge on any atom is -0.397 e. The number of nitrogens with zero attached hydrogens (tertiary/aromatic N) is 2. The molecule has 0 spiro atoms. The largest absolute Gasteiger partial charge is 0.397 e. The second kappa shape index (κ2) is 5.04. The Hall–Kier alpha value is -2.10. The molecule has 2 N–H and O–H groups in total. The van der Waals surface area contributed by atoms with Crippen molar-refractivity contribution in [1.29, 1.82) is 0 Å². The Morgan fingerprint density at radius 3 is 2.67 bits per heavy atom. The number of rotatable bonds is 3. The predicted molar refractivity (Wildman–Crippen MR) is 71.9 cm³/mol. The van der Waals surface area contributed by atoms with Crippen LogP contribution >= 0.6 is 0 Å². The van der Waals surface area contributed by atoms with Gasteiger partial charge in [-0.1, -0.05) is 18.2 Å². The van der Waals surface area contributed by atoms with Crippen LogP contribution in [-0.2, 0) is 0 Å². The van der Waals surface area contributed by atoms with Crippen LogP contribution in [0.15, 0.2) is 42.7 Å². The average molecular weight is 245 g/mol. The summed E-state index contributed by atoms with van der Waals surface area (Å²) in [7, 11) is 1.90. The Morgan fingerprint density at radius 2 is 2.00 bits per heavy atom. The zero-order valence-electron chi connectivity index (χ0n) is 10.5. The number of aromatic nitrogens is 1. The van der Waals surface area contributed by atoms with Crippen molar-refractivity contribution in [3.05, 3.63) is 54.1 Å². The maximum atomic E-state index is 13.7. The molecule has 1 heterocycles. The second-order valence-corrected chi connectivity index (χ2v) is 4.28. The molecule has 4 heteroatoms. The molecule has 1 atom stereocenters. The molecule has 18 heavy (non-hydrogen) atoms. The number of benzene rings is 1. The third-order valence-electron chi connectivity index (χ3n) is 3.09. The van der Waals surface area contributed by atoms with E-state index in [-0.39, 0.29) is 11.9 Å². The second-order valence-electron chi connectivity index (χ2n) is 4.28. The standard InChI is InChI=1S/C14H16FN3/c1-10(13-5-3-4-6-14(13)15)18(2)12-7-11(16)8-17-9-12/h3-10H,16H2,1-2H3. The Bertz CT molecular complexity index is 542. The molecule has 2 aromatic rings. The van der Waals surface area contributed by atoms with Crippen molar-refractivity contribution in [2.45, 2.75) is 13.0 Å². The zero-order valence-corrected chi connectivity index (χ0v) is 10.5. The minimum atomic E-state index is -0.200. The first kappa shape index (κ1) is 12.4. The van der Waals surface area contributed by atoms with Crippen LogP contribution in [0, 0.1) is 5.82 Å². The van der Waals surface area contributed by atoms with Crippen LogP contribution in [0.25, 0.3) is 0 Å². The predicted octanol–water partition coefficient (Wildman–Crippen LogP) is 3.00. The van der Waals surface area contributed by atoms with E-state index >= 15 is 0 Å². The van der Waals surface area contributed by atoms with E-state index in [0.29, 0.717) is 11.3 Å². The Morgan fingerprint density at radius 1 is 1.28 bits per heavy atom. The first-order valence-electron chi connectivity index (χ1n) is 5.77. The molecule has 3 nitrogen and oxygen atoms in total. The normalized spacial score (nSPS) is 12.2. The Balaban J connectivity index is 2.29. The number of nitrogens with two attached hydrogens (primary N) is 1. The molecule has 0 fully saturated rings. The van der Waals surface area contributed by atoms with Crippen LogP contribution in [0.2, 0.25) is 0 Å². The first-order valence-corrected chi connectivity index (χ1v) is 5.77. The van der Waals surface area contributed by atoms with Gasteiger partial charge in [-0.25, -0.2) is 4.39 Å². The van der Waals surface area contributed by atoms with Crippen molar-refractivity contribution >= 4 is 11.4 Å². The van der Waals surface area contributed by atoms with E-state index in [9.17, 15) is 4.39 Å². The van der Waals surface area contributed by atoms with Gasteiger partial charge in [0.1, 0.15) is 5.82 Å². The highest BCUT2D eigenvalue weighted by atomic mass is 19.1. The summed E-state index contributed by atoms with van der Waals surface area (Å²) >= 11 is 0. The monoisotopic (exact) mass is 245 g/mol. The Kier molecular flexibility index (Phi) is 3.46. The SMILES string of the molecule is CC(c1ccccc1F)N(C)c1cncc(N)c1. The van der Waals surface area contributed by atoms with Crippen LogP contribution in [0.5, 0.6) is 0 Å². The maximum absolute atomic E-state index is 13.7. The number of hydrogen-bond donors (Lipinski definition) is 1. The minimum absolute atomic E-state index is 0.0881. The van der Waals surface area contributed by atoms with E-state index in [1.165, 1.54) is 6.07 Å². The number of pyridine rings is 1. The number of anilines is 2. The topological polar surface area (TPSA) is 42.2 Å². The molecule has 1 aromatic carbocycles. The molecule has 2 rings (SSSR count). The van der Waals surface area contributed by atoms with Gasteiger partial charge in [0.2, 0.25) is 0 Å². The zero-order chi connectivity index (χ0) is 13.1. The molecule has 1 aromatic heterocycles. The highest BCUT2D eigenvalue weighted by Crippen LogP contribution is 2.27. The fourth-order valence-corrected chi connectivity index (χ4v) is 1.88. The molecule has 0 aliphatic heterocycles. The molecule has 1 unspecified atom stereocenters. The van der Waals surface area contributed by atoms with E-state index in [4.69, 9.17) is 5.73 Å². The lowest BCUT2D eigenvalue weighted by Crippen LogP contribution is -2.22. The smallest absolute Gasteiger partial charge is 0.128 e. The van der Waals surface area contributed by atoms with Crippen molar-refractivity contribution < 1.29 is 4.39 Å². The van der Waals surface area contributed by atoms with E-state index in [1.807, 2.05) is 31.0 Å². The molecule has 0 amide bonds. The molecule has 0 aliphatic carbocycles. The molecule has 0 radical (unpaired) electrons. The summed E-state index contributed by atoms with van der Waals surface area (Å²) < 4.78 is 13.7. The van der Waals surface area contributed by atoms with E-state index in [1.54, 1.807) is 24.5 Å². The third-order valence-corrected chi connectivity index (χ3v) is 3.09. The summed E-state index contributed by atoms with van der Waals surface area (Å²) in [5.41, 5.74) is 7.82. The van der Waals surface area contributed by atoms with Gasteiger partial charge < -0.3 is 10.6 Å². The van der Waals surface area contributed by atoms with Gasteiger partial charge in [0.25, 0.3) is 0 Å². The number of hydrogen-bond acceptors (Lipinski definition) is 3. The Labute approximate surface area is 106 Å². The van der Waals surface area contributed by atoms with Crippen LogP contribution in [0.4, 0.5) is 15.8 Å². The number of nitrogen functional groups attached to an aromatic ring is 1. The summed E-state index contributed by atoms with van der Waals surface area (Å²) in [5.74, 6) is -0.200. The summed E-state index contributed by atoms with van der Waals surface area (Å²) in [4.78, 5) is 5.99. The van der Waals surface area contributed by atoms with E-state index < -0.39 is 0 Å². The lowest BCUT2D eigenvalue weighted by molar-refractivity contribution is 0.585. The number of halogens is 1. The van der Waals surface area contributed by atoms with Crippen molar-refractivity contribution in [3.63, 3.8) is 0 Å². The first-order chi connectivity index (χ1) is 8.59. The van der Waals surface area contributed by atoms with Gasteiger partial charge in [-0.05, 0) is 19.1 Å². The van der Waals surface area contributed by atoms with Gasteiger partial charge in [-0.15, -0.1) is 0 Å². The summed E-state index contributed by atoms with van der Waals surface area (Å²) in [6.45, 7) is 1.95. The molecule has 0 saturated carbocycles. The summed E-state index contributed by atoms with van der Waals surface area (Å²) in [5, 5.41) is 0. The van der Waals surface area contributed by atoms with Crippen molar-refractivity contribution in [2.24, 2.45) is 0 Å². The third kappa shape index (κ3) is 2.42. The van der Waals surface area contributed by atoms with Gasteiger partial charge in [-0.2, -0.15) is 0 Å². The van der Waals surface area contributed by atoms with Gasteiger partial charge in [0, 0.05) is 18.8 Å². The van der Waals surface area contributed by atoms with Gasteiger partial charge >= 0.3 is 0 Å². The van der Waals surface area contributed by atoms with Crippen LogP contribution < -0.4 is 10.6 Å². The maximum Gasteiger partial charge on any atom is 0.128 e. The lowest BCUT2D eigenvalue weighted by atomic mass is 10.1. The van der Waals surface area contributed by atoms with Gasteiger partial charge in [0.15, 0.2) is 0 Å². The van der Waals surface area contributed by atoms with Gasteiger partial charge in [0.05, 0.1) is 23.6 Å². The van der Waals surface area contributed by atoms with Crippen LogP contribution in [-0.4, -0.2) is 12.0 Å². The van der Waals surface area contributed by atoms with Crippen molar-refractivity contribution in [2.75, 3.05) is 17.7 Å². The molecule has 0 bridgehead atoms. The highest BCUT2D eigenvalue weighted by Gasteiger charge is 2.15. The quantitative estimate of drug-likeness (QED) is 0.903. The molecule has 0 saturated heterocycles. The fraction of sp³-hybridized carbons (Fsp3) is 0.214. The molecule has 94 valence electrons. The average Bonchev–Trinajstić information content (AvgIpc) is 2.37. The van der Waals surface area contributed by atoms with Crippen molar-refractivity contribution in [1.82, 2.24) is 4.98 Å². The van der Waals surface area contributed by atoms with Crippen LogP contribution in [0.3, 0.4) is 0 Å².